The second-order valence-corrected chi connectivity index (χ2v) is 5.65. The summed E-state index contributed by atoms with van der Waals surface area (Å²) in [6, 6.07) is 9.21. The molecule has 0 saturated carbocycles. The number of esters is 1. The topological polar surface area (TPSA) is 70.4 Å². The first kappa shape index (κ1) is 19.8. The number of hydrogen-bond donors (Lipinski definition) is 0. The standard InChI is InChI=1S/C19H25NO6/c1-22-10-9-20(13-15-6-8-17(26-15)19(21)25-4)12-14-5-7-16(23-2)18(11-14)24-3/h5-8,11H,9-10,12-13H2,1-4H3. The van der Waals surface area contributed by atoms with E-state index in [2.05, 4.69) is 9.64 Å². The highest BCUT2D eigenvalue weighted by molar-refractivity contribution is 5.86. The molecule has 1 heterocycles. The van der Waals surface area contributed by atoms with Crippen molar-refractivity contribution < 1.29 is 28.2 Å². The molecule has 0 bridgehead atoms. The summed E-state index contributed by atoms with van der Waals surface area (Å²) in [7, 11) is 6.21. The third kappa shape index (κ3) is 5.24. The van der Waals surface area contributed by atoms with Crippen LogP contribution in [0.1, 0.15) is 21.9 Å². The molecule has 1 aromatic heterocycles. The lowest BCUT2D eigenvalue weighted by atomic mass is 10.2. The average molecular weight is 363 g/mol. The zero-order valence-electron chi connectivity index (χ0n) is 15.6. The predicted molar refractivity (Wildman–Crippen MR) is 95.6 cm³/mol. The Morgan fingerprint density at radius 3 is 2.42 bits per heavy atom. The van der Waals surface area contributed by atoms with Gasteiger partial charge >= 0.3 is 5.97 Å². The van der Waals surface area contributed by atoms with E-state index in [1.165, 1.54) is 7.11 Å². The molecule has 2 rings (SSSR count). The van der Waals surface area contributed by atoms with E-state index in [4.69, 9.17) is 18.6 Å². The van der Waals surface area contributed by atoms with E-state index in [0.29, 0.717) is 43.5 Å². The van der Waals surface area contributed by atoms with Crippen molar-refractivity contribution in [2.45, 2.75) is 13.1 Å². The SMILES string of the molecule is COCCN(Cc1ccc(OC)c(OC)c1)Cc1ccc(C(=O)OC)o1. The minimum Gasteiger partial charge on any atom is -0.493 e. The van der Waals surface area contributed by atoms with Gasteiger partial charge in [0.05, 0.1) is 34.5 Å². The van der Waals surface area contributed by atoms with Crippen molar-refractivity contribution in [1.29, 1.82) is 0 Å². The number of ether oxygens (including phenoxy) is 4. The highest BCUT2D eigenvalue weighted by Gasteiger charge is 2.15. The summed E-state index contributed by atoms with van der Waals surface area (Å²) < 4.78 is 26.1. The molecule has 0 fully saturated rings. The van der Waals surface area contributed by atoms with E-state index < -0.39 is 5.97 Å². The normalized spacial score (nSPS) is 10.8. The Balaban J connectivity index is 2.11. The Kier molecular flexibility index (Phi) is 7.50. The molecule has 0 amide bonds. The second kappa shape index (κ2) is 9.84. The molecule has 0 aliphatic rings. The molecule has 142 valence electrons. The van der Waals surface area contributed by atoms with Crippen LogP contribution in [0.3, 0.4) is 0 Å². The molecule has 0 aliphatic heterocycles. The Bertz CT molecular complexity index is 712. The number of rotatable bonds is 10. The van der Waals surface area contributed by atoms with Gasteiger partial charge in [0, 0.05) is 20.2 Å². The Morgan fingerprint density at radius 1 is 1.00 bits per heavy atom. The lowest BCUT2D eigenvalue weighted by Gasteiger charge is -2.21. The van der Waals surface area contributed by atoms with Crippen LogP contribution in [0.4, 0.5) is 0 Å². The number of methoxy groups -OCH3 is 4. The Labute approximate surface area is 153 Å². The van der Waals surface area contributed by atoms with Crippen LogP contribution < -0.4 is 9.47 Å². The van der Waals surface area contributed by atoms with Crippen LogP contribution in [0.5, 0.6) is 11.5 Å². The summed E-state index contributed by atoms with van der Waals surface area (Å²) in [6.07, 6.45) is 0. The van der Waals surface area contributed by atoms with Gasteiger partial charge in [-0.25, -0.2) is 4.79 Å². The van der Waals surface area contributed by atoms with Crippen LogP contribution in [0.2, 0.25) is 0 Å². The van der Waals surface area contributed by atoms with Crippen molar-refractivity contribution in [2.75, 3.05) is 41.6 Å². The molecular weight excluding hydrogens is 338 g/mol. The summed E-state index contributed by atoms with van der Waals surface area (Å²) in [5.74, 6) is 1.76. The average Bonchev–Trinajstić information content (AvgIpc) is 3.13. The summed E-state index contributed by atoms with van der Waals surface area (Å²) in [5, 5.41) is 0. The van der Waals surface area contributed by atoms with Crippen LogP contribution in [0, 0.1) is 0 Å². The fourth-order valence-corrected chi connectivity index (χ4v) is 2.57. The minimum absolute atomic E-state index is 0.195. The van der Waals surface area contributed by atoms with Crippen LogP contribution in [-0.2, 0) is 22.6 Å². The van der Waals surface area contributed by atoms with Crippen LogP contribution in [-0.4, -0.2) is 52.5 Å². The molecule has 0 aliphatic carbocycles. The van der Waals surface area contributed by atoms with E-state index in [-0.39, 0.29) is 5.76 Å². The third-order valence-corrected chi connectivity index (χ3v) is 3.89. The van der Waals surface area contributed by atoms with Gasteiger partial charge in [-0.15, -0.1) is 0 Å². The molecular formula is C19H25NO6. The first-order chi connectivity index (χ1) is 12.6. The zero-order valence-corrected chi connectivity index (χ0v) is 15.6. The molecule has 0 atom stereocenters. The second-order valence-electron chi connectivity index (χ2n) is 5.65. The molecule has 0 spiro atoms. The largest absolute Gasteiger partial charge is 0.493 e. The number of hydrogen-bond acceptors (Lipinski definition) is 7. The Morgan fingerprint density at radius 2 is 1.77 bits per heavy atom. The number of carbonyl (C=O) groups excluding carboxylic acids is 1. The third-order valence-electron chi connectivity index (χ3n) is 3.89. The maximum atomic E-state index is 11.5. The Hall–Kier alpha value is -2.51. The van der Waals surface area contributed by atoms with Gasteiger partial charge in [-0.05, 0) is 29.8 Å². The van der Waals surface area contributed by atoms with Crippen molar-refractivity contribution in [3.63, 3.8) is 0 Å². The molecule has 7 heteroatoms. The van der Waals surface area contributed by atoms with Crippen molar-refractivity contribution in [1.82, 2.24) is 4.90 Å². The van der Waals surface area contributed by atoms with E-state index in [1.807, 2.05) is 18.2 Å². The van der Waals surface area contributed by atoms with Gasteiger partial charge in [0.15, 0.2) is 11.5 Å². The van der Waals surface area contributed by atoms with E-state index in [0.717, 1.165) is 5.56 Å². The van der Waals surface area contributed by atoms with Gasteiger partial charge in [-0.1, -0.05) is 6.07 Å². The molecule has 0 N–H and O–H groups in total. The quantitative estimate of drug-likeness (QED) is 0.601. The van der Waals surface area contributed by atoms with E-state index in [1.54, 1.807) is 33.5 Å². The fourth-order valence-electron chi connectivity index (χ4n) is 2.57. The van der Waals surface area contributed by atoms with Gasteiger partial charge in [-0.3, -0.25) is 4.90 Å². The number of nitrogens with zero attached hydrogens (tertiary/aromatic N) is 1. The summed E-state index contributed by atoms with van der Waals surface area (Å²) in [6.45, 7) is 2.49. The van der Waals surface area contributed by atoms with Gasteiger partial charge in [0.2, 0.25) is 5.76 Å². The highest BCUT2D eigenvalue weighted by Crippen LogP contribution is 2.28. The summed E-state index contributed by atoms with van der Waals surface area (Å²) in [5.41, 5.74) is 1.07. The zero-order chi connectivity index (χ0) is 18.9. The van der Waals surface area contributed by atoms with Gasteiger partial charge in [-0.2, -0.15) is 0 Å². The van der Waals surface area contributed by atoms with Crippen molar-refractivity contribution in [3.8, 4) is 11.5 Å². The van der Waals surface area contributed by atoms with Gasteiger partial charge < -0.3 is 23.4 Å². The molecule has 7 nitrogen and oxygen atoms in total. The smallest absolute Gasteiger partial charge is 0.373 e. The monoisotopic (exact) mass is 363 g/mol. The molecule has 2 aromatic rings. The molecule has 0 unspecified atom stereocenters. The summed E-state index contributed by atoms with van der Waals surface area (Å²) >= 11 is 0. The number of benzene rings is 1. The molecule has 26 heavy (non-hydrogen) atoms. The van der Waals surface area contributed by atoms with Crippen LogP contribution >= 0.6 is 0 Å². The summed E-state index contributed by atoms with van der Waals surface area (Å²) in [4.78, 5) is 13.7. The van der Waals surface area contributed by atoms with Crippen molar-refractivity contribution in [2.24, 2.45) is 0 Å². The predicted octanol–water partition coefficient (Wildman–Crippen LogP) is 2.73. The number of furan rings is 1. The fraction of sp³-hybridized carbons (Fsp3) is 0.421. The molecule has 1 aromatic carbocycles. The van der Waals surface area contributed by atoms with Gasteiger partial charge in [0.1, 0.15) is 5.76 Å². The maximum Gasteiger partial charge on any atom is 0.373 e. The first-order valence-electron chi connectivity index (χ1n) is 8.20. The molecule has 0 saturated heterocycles. The van der Waals surface area contributed by atoms with Crippen LogP contribution in [0.25, 0.3) is 0 Å². The van der Waals surface area contributed by atoms with Gasteiger partial charge in [0.25, 0.3) is 0 Å². The van der Waals surface area contributed by atoms with Crippen LogP contribution in [0.15, 0.2) is 34.7 Å². The lowest BCUT2D eigenvalue weighted by Crippen LogP contribution is -2.26. The number of carbonyl (C=O) groups is 1. The van der Waals surface area contributed by atoms with Crippen molar-refractivity contribution >= 4 is 5.97 Å². The van der Waals surface area contributed by atoms with Crippen molar-refractivity contribution in [3.05, 3.63) is 47.4 Å². The first-order valence-corrected chi connectivity index (χ1v) is 8.20. The highest BCUT2D eigenvalue weighted by atomic mass is 16.5. The van der Waals surface area contributed by atoms with E-state index >= 15 is 0 Å². The lowest BCUT2D eigenvalue weighted by molar-refractivity contribution is 0.0560. The minimum atomic E-state index is -0.486. The maximum absolute atomic E-state index is 11.5. The van der Waals surface area contributed by atoms with E-state index in [9.17, 15) is 4.79 Å². The molecule has 0 radical (unpaired) electrons.